The van der Waals surface area contributed by atoms with E-state index >= 15 is 0 Å². The first kappa shape index (κ1) is 15.4. The first-order valence-corrected chi connectivity index (χ1v) is 8.34. The summed E-state index contributed by atoms with van der Waals surface area (Å²) < 4.78 is 6.88. The van der Waals surface area contributed by atoms with Gasteiger partial charge in [0.25, 0.3) is 5.56 Å². The lowest BCUT2D eigenvalue weighted by Gasteiger charge is -2.09. The van der Waals surface area contributed by atoms with Crippen LogP contribution < -0.4 is 10.3 Å². The number of aryl methyl sites for hydroxylation is 1. The fraction of sp³-hybridized carbons (Fsp3) is 0.200. The van der Waals surface area contributed by atoms with Gasteiger partial charge in [0.1, 0.15) is 5.75 Å². The van der Waals surface area contributed by atoms with Gasteiger partial charge in [-0.2, -0.15) is 5.10 Å². The van der Waals surface area contributed by atoms with Crippen LogP contribution >= 0.6 is 0 Å². The summed E-state index contributed by atoms with van der Waals surface area (Å²) >= 11 is 0. The molecule has 2 aromatic heterocycles. The van der Waals surface area contributed by atoms with Crippen molar-refractivity contribution in [1.82, 2.24) is 14.8 Å². The average Bonchev–Trinajstić information content (AvgIpc) is 3.06. The van der Waals surface area contributed by atoms with Crippen LogP contribution in [0.25, 0.3) is 21.7 Å². The number of aromatic nitrogens is 3. The highest BCUT2D eigenvalue weighted by atomic mass is 16.5. The number of nitrogens with zero attached hydrogens (tertiary/aromatic N) is 2. The molecule has 0 aliphatic rings. The molecule has 4 aromatic rings. The summed E-state index contributed by atoms with van der Waals surface area (Å²) in [4.78, 5) is 15.8. The molecule has 0 atom stereocenters. The van der Waals surface area contributed by atoms with E-state index in [1.807, 2.05) is 55.6 Å². The third kappa shape index (κ3) is 2.58. The lowest BCUT2D eigenvalue weighted by Crippen LogP contribution is -2.23. The Bertz CT molecular complexity index is 1120. The second kappa shape index (κ2) is 6.09. The van der Waals surface area contributed by atoms with E-state index in [1.54, 1.807) is 7.11 Å². The second-order valence-corrected chi connectivity index (χ2v) is 6.02. The average molecular weight is 333 g/mol. The van der Waals surface area contributed by atoms with Crippen LogP contribution in [0.1, 0.15) is 18.2 Å². The monoisotopic (exact) mass is 333 g/mol. The van der Waals surface area contributed by atoms with E-state index in [0.717, 1.165) is 33.3 Å². The van der Waals surface area contributed by atoms with Gasteiger partial charge < -0.3 is 9.72 Å². The SMILES string of the molecule is CCn1nc(Cc2c[nH]c3ccc(OC)cc23)c2ccccc2c1=O. The highest BCUT2D eigenvalue weighted by molar-refractivity contribution is 5.87. The summed E-state index contributed by atoms with van der Waals surface area (Å²) in [6, 6.07) is 13.6. The van der Waals surface area contributed by atoms with Crippen molar-refractivity contribution in [3.8, 4) is 5.75 Å². The zero-order valence-corrected chi connectivity index (χ0v) is 14.2. The van der Waals surface area contributed by atoms with Crippen LogP contribution in [-0.4, -0.2) is 21.9 Å². The van der Waals surface area contributed by atoms with E-state index in [-0.39, 0.29) is 5.56 Å². The van der Waals surface area contributed by atoms with Crippen molar-refractivity contribution in [2.45, 2.75) is 19.9 Å². The molecule has 5 nitrogen and oxygen atoms in total. The maximum Gasteiger partial charge on any atom is 0.274 e. The number of ether oxygens (including phenoxy) is 1. The van der Waals surface area contributed by atoms with E-state index < -0.39 is 0 Å². The molecule has 2 aromatic carbocycles. The van der Waals surface area contributed by atoms with Crippen molar-refractivity contribution in [3.63, 3.8) is 0 Å². The fourth-order valence-corrected chi connectivity index (χ4v) is 3.26. The van der Waals surface area contributed by atoms with E-state index in [2.05, 4.69) is 10.1 Å². The maximum absolute atomic E-state index is 12.5. The van der Waals surface area contributed by atoms with Crippen LogP contribution in [0.3, 0.4) is 0 Å². The van der Waals surface area contributed by atoms with Crippen LogP contribution in [0.2, 0.25) is 0 Å². The molecule has 2 heterocycles. The Morgan fingerprint density at radius 1 is 1.12 bits per heavy atom. The van der Waals surface area contributed by atoms with Crippen molar-refractivity contribution in [2.24, 2.45) is 0 Å². The van der Waals surface area contributed by atoms with Crippen molar-refractivity contribution >= 4 is 21.7 Å². The van der Waals surface area contributed by atoms with Crippen molar-refractivity contribution in [3.05, 3.63) is 70.3 Å². The third-order valence-electron chi connectivity index (χ3n) is 4.58. The third-order valence-corrected chi connectivity index (χ3v) is 4.58. The number of aromatic amines is 1. The van der Waals surface area contributed by atoms with Gasteiger partial charge in [0.15, 0.2) is 0 Å². The van der Waals surface area contributed by atoms with Crippen LogP contribution in [0.4, 0.5) is 0 Å². The van der Waals surface area contributed by atoms with Crippen molar-refractivity contribution < 1.29 is 4.74 Å². The Morgan fingerprint density at radius 2 is 1.92 bits per heavy atom. The van der Waals surface area contributed by atoms with Gasteiger partial charge in [-0.1, -0.05) is 18.2 Å². The molecule has 0 bridgehead atoms. The van der Waals surface area contributed by atoms with Gasteiger partial charge >= 0.3 is 0 Å². The molecule has 25 heavy (non-hydrogen) atoms. The minimum atomic E-state index is -0.0394. The maximum atomic E-state index is 12.5. The molecule has 0 aliphatic heterocycles. The Morgan fingerprint density at radius 3 is 2.68 bits per heavy atom. The molecule has 4 rings (SSSR count). The minimum absolute atomic E-state index is 0.0394. The Labute approximate surface area is 144 Å². The summed E-state index contributed by atoms with van der Waals surface area (Å²) in [6.07, 6.45) is 2.65. The Hall–Kier alpha value is -3.08. The van der Waals surface area contributed by atoms with Crippen LogP contribution in [0.5, 0.6) is 5.75 Å². The molecule has 5 heteroatoms. The van der Waals surface area contributed by atoms with E-state index in [4.69, 9.17) is 4.74 Å². The van der Waals surface area contributed by atoms with E-state index in [1.165, 1.54) is 4.68 Å². The number of hydrogen-bond donors (Lipinski definition) is 1. The standard InChI is InChI=1S/C20H19N3O2/c1-3-23-20(24)16-7-5-4-6-15(16)19(22-23)10-13-12-21-18-9-8-14(25-2)11-17(13)18/h4-9,11-12,21H,3,10H2,1-2H3. The molecule has 0 fully saturated rings. The molecular weight excluding hydrogens is 314 g/mol. The molecule has 0 aliphatic carbocycles. The normalized spacial score (nSPS) is 11.3. The summed E-state index contributed by atoms with van der Waals surface area (Å²) in [5.41, 5.74) is 3.06. The van der Waals surface area contributed by atoms with Crippen LogP contribution in [0, 0.1) is 0 Å². The predicted octanol–water partition coefficient (Wildman–Crippen LogP) is 3.50. The summed E-state index contributed by atoms with van der Waals surface area (Å²) in [6.45, 7) is 2.49. The summed E-state index contributed by atoms with van der Waals surface area (Å²) in [7, 11) is 1.67. The highest BCUT2D eigenvalue weighted by Gasteiger charge is 2.13. The number of nitrogens with one attached hydrogen (secondary N) is 1. The zero-order chi connectivity index (χ0) is 17.4. The molecule has 126 valence electrons. The first-order valence-electron chi connectivity index (χ1n) is 8.34. The zero-order valence-electron chi connectivity index (χ0n) is 14.2. The number of fused-ring (bicyclic) bond motifs is 2. The molecule has 0 spiro atoms. The second-order valence-electron chi connectivity index (χ2n) is 6.02. The molecule has 0 amide bonds. The van der Waals surface area contributed by atoms with Gasteiger partial charge in [-0.3, -0.25) is 4.79 Å². The molecule has 0 radical (unpaired) electrons. The molecule has 1 N–H and O–H groups in total. The Kier molecular flexibility index (Phi) is 3.76. The van der Waals surface area contributed by atoms with Crippen LogP contribution in [-0.2, 0) is 13.0 Å². The smallest absolute Gasteiger partial charge is 0.274 e. The van der Waals surface area contributed by atoms with Gasteiger partial charge in [0.2, 0.25) is 0 Å². The van der Waals surface area contributed by atoms with Gasteiger partial charge in [-0.25, -0.2) is 4.68 Å². The van der Waals surface area contributed by atoms with Crippen molar-refractivity contribution in [1.29, 1.82) is 0 Å². The highest BCUT2D eigenvalue weighted by Crippen LogP contribution is 2.26. The van der Waals surface area contributed by atoms with Gasteiger partial charge in [-0.05, 0) is 36.8 Å². The van der Waals surface area contributed by atoms with Gasteiger partial charge in [-0.15, -0.1) is 0 Å². The number of rotatable bonds is 4. The largest absolute Gasteiger partial charge is 0.497 e. The topological polar surface area (TPSA) is 59.9 Å². The van der Waals surface area contributed by atoms with Crippen molar-refractivity contribution in [2.75, 3.05) is 7.11 Å². The van der Waals surface area contributed by atoms with Crippen LogP contribution in [0.15, 0.2) is 53.5 Å². The van der Waals surface area contributed by atoms with E-state index in [0.29, 0.717) is 18.4 Å². The number of hydrogen-bond acceptors (Lipinski definition) is 3. The molecule has 0 saturated carbocycles. The first-order chi connectivity index (χ1) is 12.2. The van der Waals surface area contributed by atoms with E-state index in [9.17, 15) is 4.79 Å². The molecule has 0 unspecified atom stereocenters. The number of benzene rings is 2. The van der Waals surface area contributed by atoms with Gasteiger partial charge in [0.05, 0.1) is 18.2 Å². The minimum Gasteiger partial charge on any atom is -0.497 e. The van der Waals surface area contributed by atoms with Gasteiger partial charge in [0, 0.05) is 35.5 Å². The quantitative estimate of drug-likeness (QED) is 0.622. The number of H-pyrrole nitrogens is 1. The lowest BCUT2D eigenvalue weighted by atomic mass is 10.0. The molecular formula is C20H19N3O2. The Balaban J connectivity index is 1.89. The predicted molar refractivity (Wildman–Crippen MR) is 99.3 cm³/mol. The number of methoxy groups -OCH3 is 1. The molecule has 0 saturated heterocycles. The lowest BCUT2D eigenvalue weighted by molar-refractivity contribution is 0.415. The summed E-state index contributed by atoms with van der Waals surface area (Å²) in [5.74, 6) is 0.824. The summed E-state index contributed by atoms with van der Waals surface area (Å²) in [5, 5.41) is 7.34. The fourth-order valence-electron chi connectivity index (χ4n) is 3.26.